The fourth-order valence-electron chi connectivity index (χ4n) is 0.383. The fraction of sp³-hybridized carbons (Fsp3) is 0. The SMILES string of the molecule is S=c1cc[nH]c(=S)[nH]1.[H-].[Rb+]. The first-order valence-electron chi connectivity index (χ1n) is 2.07. The Hall–Kier alpha value is 1.33. The van der Waals surface area contributed by atoms with Crippen LogP contribution in [0.5, 0.6) is 0 Å². The topological polar surface area (TPSA) is 31.6 Å². The number of nitrogens with one attached hydrogen (secondary N) is 2. The van der Waals surface area contributed by atoms with Crippen LogP contribution in [0.2, 0.25) is 0 Å². The van der Waals surface area contributed by atoms with E-state index in [0.717, 1.165) is 0 Å². The molecule has 0 aliphatic rings. The van der Waals surface area contributed by atoms with Crippen molar-refractivity contribution in [3.8, 4) is 0 Å². The van der Waals surface area contributed by atoms with Crippen LogP contribution in [-0.4, -0.2) is 9.97 Å². The molecule has 1 rings (SSSR count). The Morgan fingerprint density at radius 3 is 2.44 bits per heavy atom. The molecule has 0 spiro atoms. The summed E-state index contributed by atoms with van der Waals surface area (Å²) in [6.45, 7) is 0. The van der Waals surface area contributed by atoms with Gasteiger partial charge in [-0.15, -0.1) is 0 Å². The van der Waals surface area contributed by atoms with Gasteiger partial charge in [0, 0.05) is 6.20 Å². The van der Waals surface area contributed by atoms with Crippen molar-refractivity contribution >= 4 is 24.4 Å². The van der Waals surface area contributed by atoms with Gasteiger partial charge in [-0.25, -0.2) is 0 Å². The Kier molecular flexibility index (Phi) is 5.78. The van der Waals surface area contributed by atoms with Crippen LogP contribution in [0.3, 0.4) is 0 Å². The molecule has 0 radical (unpaired) electrons. The molecule has 1 aromatic rings. The molecule has 0 aromatic carbocycles. The molecule has 0 aliphatic carbocycles. The molecule has 0 saturated carbocycles. The molecule has 0 saturated heterocycles. The van der Waals surface area contributed by atoms with Gasteiger partial charge in [-0.1, -0.05) is 12.2 Å². The zero-order valence-corrected chi connectivity index (χ0v) is 11.5. The smallest absolute Gasteiger partial charge is 1.00 e. The number of rotatable bonds is 0. The van der Waals surface area contributed by atoms with E-state index in [1.807, 2.05) is 0 Å². The normalized spacial score (nSPS) is 8.00. The zero-order valence-electron chi connectivity index (χ0n) is 5.97. The molecular weight excluding hydrogens is 226 g/mol. The molecule has 44 valence electrons. The second kappa shape index (κ2) is 5.04. The molecule has 1 aromatic heterocycles. The van der Waals surface area contributed by atoms with Crippen LogP contribution in [0.1, 0.15) is 1.43 Å². The maximum absolute atomic E-state index is 4.76. The molecule has 5 heteroatoms. The van der Waals surface area contributed by atoms with Crippen molar-refractivity contribution in [1.29, 1.82) is 0 Å². The van der Waals surface area contributed by atoms with Crippen LogP contribution in [0, 0.1) is 9.41 Å². The zero-order chi connectivity index (χ0) is 5.98. The summed E-state index contributed by atoms with van der Waals surface area (Å²) in [4.78, 5) is 5.51. The summed E-state index contributed by atoms with van der Waals surface area (Å²) in [7, 11) is 0. The van der Waals surface area contributed by atoms with Gasteiger partial charge in [0.05, 0.1) is 0 Å². The number of hydrogen-bond donors (Lipinski definition) is 2. The van der Waals surface area contributed by atoms with E-state index in [1.165, 1.54) is 0 Å². The molecule has 2 nitrogen and oxygen atoms in total. The predicted octanol–water partition coefficient (Wildman–Crippen LogP) is -1.08. The van der Waals surface area contributed by atoms with E-state index in [4.69, 9.17) is 24.4 Å². The average molecular weight is 231 g/mol. The number of hydrogen-bond acceptors (Lipinski definition) is 2. The minimum absolute atomic E-state index is 0. The van der Waals surface area contributed by atoms with Gasteiger partial charge in [0.1, 0.15) is 4.64 Å². The number of aromatic amines is 2. The summed E-state index contributed by atoms with van der Waals surface area (Å²) in [5, 5.41) is 0. The molecule has 0 aliphatic heterocycles. The summed E-state index contributed by atoms with van der Waals surface area (Å²) < 4.78 is 1.23. The monoisotopic (exact) mass is 230 g/mol. The van der Waals surface area contributed by atoms with Gasteiger partial charge in [-0.3, -0.25) is 0 Å². The van der Waals surface area contributed by atoms with E-state index in [2.05, 4.69) is 9.97 Å². The van der Waals surface area contributed by atoms with Crippen molar-refractivity contribution in [2.24, 2.45) is 0 Å². The predicted molar refractivity (Wildman–Crippen MR) is 37.9 cm³/mol. The van der Waals surface area contributed by atoms with E-state index in [1.54, 1.807) is 12.3 Å². The van der Waals surface area contributed by atoms with Gasteiger partial charge in [-0.2, -0.15) is 0 Å². The first-order valence-corrected chi connectivity index (χ1v) is 2.89. The van der Waals surface area contributed by atoms with Crippen molar-refractivity contribution in [1.82, 2.24) is 9.97 Å². The second-order valence-corrected chi connectivity index (χ2v) is 2.14. The molecule has 0 fully saturated rings. The summed E-state index contributed by atoms with van der Waals surface area (Å²) in [6.07, 6.45) is 1.71. The van der Waals surface area contributed by atoms with Gasteiger partial charge < -0.3 is 11.4 Å². The Morgan fingerprint density at radius 1 is 1.44 bits per heavy atom. The molecule has 0 atom stereocenters. The third kappa shape index (κ3) is 3.90. The maximum atomic E-state index is 4.76. The van der Waals surface area contributed by atoms with E-state index in [9.17, 15) is 0 Å². The second-order valence-electron chi connectivity index (χ2n) is 1.30. The van der Waals surface area contributed by atoms with Gasteiger partial charge in [0.25, 0.3) is 0 Å². The molecule has 0 unspecified atom stereocenters. The van der Waals surface area contributed by atoms with E-state index >= 15 is 0 Å². The van der Waals surface area contributed by atoms with E-state index in [-0.39, 0.29) is 59.6 Å². The largest absolute Gasteiger partial charge is 1.00 e. The van der Waals surface area contributed by atoms with E-state index in [0.29, 0.717) is 9.41 Å². The molecule has 2 N–H and O–H groups in total. The van der Waals surface area contributed by atoms with Crippen LogP contribution >= 0.6 is 24.4 Å². The van der Waals surface area contributed by atoms with Gasteiger partial charge in [0.15, 0.2) is 4.77 Å². The minimum Gasteiger partial charge on any atom is -1.00 e. The summed E-state index contributed by atoms with van der Waals surface area (Å²) >= 11 is 9.48. The first-order chi connectivity index (χ1) is 3.79. The van der Waals surface area contributed by atoms with Gasteiger partial charge in [0.2, 0.25) is 0 Å². The van der Waals surface area contributed by atoms with Crippen molar-refractivity contribution in [3.05, 3.63) is 21.7 Å². The Bertz CT molecular complexity index is 256. The van der Waals surface area contributed by atoms with Crippen molar-refractivity contribution in [2.75, 3.05) is 0 Å². The quantitative estimate of drug-likeness (QED) is 0.556. The van der Waals surface area contributed by atoms with Crippen LogP contribution < -0.4 is 58.2 Å². The Labute approximate surface area is 113 Å². The molecule has 0 amide bonds. The van der Waals surface area contributed by atoms with Crippen LogP contribution in [0.4, 0.5) is 0 Å². The third-order valence-corrected chi connectivity index (χ3v) is 1.14. The van der Waals surface area contributed by atoms with Gasteiger partial charge >= 0.3 is 58.2 Å². The summed E-state index contributed by atoms with van der Waals surface area (Å²) in [5.74, 6) is 0. The third-order valence-electron chi connectivity index (χ3n) is 0.686. The molecule has 1 heterocycles. The van der Waals surface area contributed by atoms with Gasteiger partial charge in [-0.05, 0) is 18.3 Å². The van der Waals surface area contributed by atoms with Crippen LogP contribution in [0.15, 0.2) is 12.3 Å². The number of H-pyrrole nitrogens is 2. The van der Waals surface area contributed by atoms with Crippen molar-refractivity contribution < 1.29 is 59.6 Å². The first kappa shape index (κ1) is 10.3. The molecule has 0 bridgehead atoms. The maximum Gasteiger partial charge on any atom is 1.00 e. The fourth-order valence-corrected chi connectivity index (χ4v) is 0.795. The van der Waals surface area contributed by atoms with E-state index < -0.39 is 0 Å². The standard InChI is InChI=1S/C4H4N2S2.Rb.H/c7-3-1-2-5-4(8)6-3;;/h1-2H,(H2,5,6,7,8);;/q;+1;-1. The van der Waals surface area contributed by atoms with Crippen LogP contribution in [-0.2, 0) is 0 Å². The molecule has 9 heavy (non-hydrogen) atoms. The minimum atomic E-state index is 0. The number of aromatic nitrogens is 2. The van der Waals surface area contributed by atoms with Crippen molar-refractivity contribution in [3.63, 3.8) is 0 Å². The summed E-state index contributed by atoms with van der Waals surface area (Å²) in [5.41, 5.74) is 0. The van der Waals surface area contributed by atoms with Crippen molar-refractivity contribution in [2.45, 2.75) is 0 Å². The Balaban J connectivity index is 0. The van der Waals surface area contributed by atoms with Crippen LogP contribution in [0.25, 0.3) is 0 Å². The Morgan fingerprint density at radius 2 is 2.11 bits per heavy atom. The summed E-state index contributed by atoms with van der Waals surface area (Å²) in [6, 6.07) is 1.74. The average Bonchev–Trinajstić information content (AvgIpc) is 1.64. The molecular formula is C4H5N2RbS2.